The summed E-state index contributed by atoms with van der Waals surface area (Å²) in [6.45, 7) is 6.90. The number of amides is 1. The van der Waals surface area contributed by atoms with E-state index in [4.69, 9.17) is 32.1 Å². The van der Waals surface area contributed by atoms with Crippen molar-refractivity contribution < 1.29 is 27.2 Å². The number of hydrogen-bond acceptors (Lipinski definition) is 6. The van der Waals surface area contributed by atoms with Gasteiger partial charge in [0.25, 0.3) is 0 Å². The van der Waals surface area contributed by atoms with Crippen molar-refractivity contribution in [1.82, 2.24) is 4.90 Å². The topological polar surface area (TPSA) is 93.1 Å². The molecule has 0 aliphatic carbocycles. The van der Waals surface area contributed by atoms with Crippen LogP contribution >= 0.6 is 23.2 Å². The Labute approximate surface area is 192 Å². The average molecular weight is 490 g/mol. The number of ether oxygens (including phenoxy) is 1. The van der Waals surface area contributed by atoms with E-state index < -0.39 is 27.9 Å². The highest BCUT2D eigenvalue weighted by molar-refractivity contribution is 7.87. The lowest BCUT2D eigenvalue weighted by Gasteiger charge is -2.26. The highest BCUT2D eigenvalue weighted by atomic mass is 35.5. The normalized spacial score (nSPS) is 12.9. The minimum atomic E-state index is -4.19. The number of nitrogens with zero attached hydrogens (tertiary/aromatic N) is 1. The fourth-order valence-electron chi connectivity index (χ4n) is 2.52. The molecular formula is C21H25Cl2NO6S. The first-order chi connectivity index (χ1) is 14.2. The van der Waals surface area contributed by atoms with Gasteiger partial charge in [0.2, 0.25) is 0 Å². The maximum atomic E-state index is 12.6. The molecule has 0 bridgehead atoms. The third-order valence-corrected chi connectivity index (χ3v) is 6.23. The maximum Gasteiger partial charge on any atom is 0.410 e. The van der Waals surface area contributed by atoms with Gasteiger partial charge in [0, 0.05) is 12.1 Å². The van der Waals surface area contributed by atoms with E-state index in [1.807, 2.05) is 0 Å². The first kappa shape index (κ1) is 25.3. The first-order valence-corrected chi connectivity index (χ1v) is 11.5. The quantitative estimate of drug-likeness (QED) is 0.575. The third kappa shape index (κ3) is 7.00. The molecule has 31 heavy (non-hydrogen) atoms. The molecule has 2 aromatic rings. The summed E-state index contributed by atoms with van der Waals surface area (Å²) >= 11 is 12.0. The molecule has 2 rings (SSSR count). The fourth-order valence-corrected chi connectivity index (χ4v) is 4.26. The summed E-state index contributed by atoms with van der Waals surface area (Å²) in [6, 6.07) is 8.50. The Morgan fingerprint density at radius 1 is 1.13 bits per heavy atom. The van der Waals surface area contributed by atoms with Crippen molar-refractivity contribution in [2.75, 3.05) is 13.6 Å². The summed E-state index contributed by atoms with van der Waals surface area (Å²) in [5.41, 5.74) is 0.369. The minimum Gasteiger partial charge on any atom is -0.444 e. The van der Waals surface area contributed by atoms with Crippen molar-refractivity contribution in [3.63, 3.8) is 0 Å². The van der Waals surface area contributed by atoms with Gasteiger partial charge < -0.3 is 18.9 Å². The van der Waals surface area contributed by atoms with Gasteiger partial charge in [-0.2, -0.15) is 8.42 Å². The number of rotatable bonds is 6. The van der Waals surface area contributed by atoms with Crippen molar-refractivity contribution in [2.24, 2.45) is 0 Å². The molecule has 0 fully saturated rings. The summed E-state index contributed by atoms with van der Waals surface area (Å²) in [4.78, 5) is 13.1. The van der Waals surface area contributed by atoms with Gasteiger partial charge in [-0.15, -0.1) is 0 Å². The first-order valence-electron chi connectivity index (χ1n) is 9.32. The molecule has 2 aromatic carbocycles. The zero-order chi connectivity index (χ0) is 23.6. The SMILES string of the molecule is Cc1cc(S(=O)(=O)Oc2ccc(C(O)CN(C)C(=O)OC(C)(C)C)cc2)c(Cl)cc1Cl. The number of hydrogen-bond donors (Lipinski definition) is 1. The highest BCUT2D eigenvalue weighted by Gasteiger charge is 2.23. The number of carbonyl (C=O) groups excluding carboxylic acids is 1. The fraction of sp³-hybridized carbons (Fsp3) is 0.381. The maximum absolute atomic E-state index is 12.6. The van der Waals surface area contributed by atoms with E-state index >= 15 is 0 Å². The molecule has 1 unspecified atom stereocenters. The van der Waals surface area contributed by atoms with Crippen LogP contribution in [0.4, 0.5) is 4.79 Å². The summed E-state index contributed by atoms with van der Waals surface area (Å²) in [7, 11) is -2.67. The Hall–Kier alpha value is -2.00. The number of halogens is 2. The smallest absolute Gasteiger partial charge is 0.410 e. The van der Waals surface area contributed by atoms with Crippen molar-refractivity contribution in [3.05, 3.63) is 57.6 Å². The predicted molar refractivity (Wildman–Crippen MR) is 119 cm³/mol. The van der Waals surface area contributed by atoms with Gasteiger partial charge >= 0.3 is 16.2 Å². The molecule has 1 N–H and O–H groups in total. The molecule has 10 heteroatoms. The summed E-state index contributed by atoms with van der Waals surface area (Å²) in [5, 5.41) is 10.7. The van der Waals surface area contributed by atoms with Gasteiger partial charge in [-0.1, -0.05) is 35.3 Å². The number of aliphatic hydroxyl groups is 1. The van der Waals surface area contributed by atoms with Crippen molar-refractivity contribution in [2.45, 2.75) is 44.3 Å². The Morgan fingerprint density at radius 2 is 1.71 bits per heavy atom. The second-order valence-electron chi connectivity index (χ2n) is 8.01. The Kier molecular flexibility index (Phi) is 7.86. The van der Waals surface area contributed by atoms with Crippen molar-refractivity contribution in [3.8, 4) is 5.75 Å². The molecule has 0 heterocycles. The lowest BCUT2D eigenvalue weighted by molar-refractivity contribution is 0.0205. The molecule has 7 nitrogen and oxygen atoms in total. The molecule has 0 saturated carbocycles. The predicted octanol–water partition coefficient (Wildman–Crippen LogP) is 4.97. The number of likely N-dealkylation sites (N-methyl/N-ethyl adjacent to an activating group) is 1. The summed E-state index contributed by atoms with van der Waals surface area (Å²) in [5.74, 6) is 0.0418. The summed E-state index contributed by atoms with van der Waals surface area (Å²) < 4.78 is 35.6. The van der Waals surface area contributed by atoms with Crippen LogP contribution in [0.5, 0.6) is 5.75 Å². The minimum absolute atomic E-state index is 0.00687. The van der Waals surface area contributed by atoms with Gasteiger partial charge in [0.15, 0.2) is 0 Å². The largest absolute Gasteiger partial charge is 0.444 e. The number of aryl methyl sites for hydroxylation is 1. The van der Waals surface area contributed by atoms with Crippen LogP contribution in [-0.2, 0) is 14.9 Å². The molecule has 0 aliphatic heterocycles. The van der Waals surface area contributed by atoms with Crippen LogP contribution in [0.1, 0.15) is 38.0 Å². The van der Waals surface area contributed by atoms with E-state index in [0.29, 0.717) is 16.1 Å². The standard InChI is InChI=1S/C21H25Cl2NO6S/c1-13-10-19(17(23)11-16(13)22)31(27,28)30-15-8-6-14(7-9-15)18(25)12-24(5)20(26)29-21(2,3)4/h6-11,18,25H,12H2,1-5H3. The molecular weight excluding hydrogens is 465 g/mol. The lowest BCUT2D eigenvalue weighted by Crippen LogP contribution is -2.36. The van der Waals surface area contributed by atoms with Crippen LogP contribution in [0, 0.1) is 6.92 Å². The van der Waals surface area contributed by atoms with Crippen LogP contribution < -0.4 is 4.18 Å². The average Bonchev–Trinajstić information content (AvgIpc) is 2.63. The molecule has 1 amide bonds. The van der Waals surface area contributed by atoms with Crippen molar-refractivity contribution in [1.29, 1.82) is 0 Å². The van der Waals surface area contributed by atoms with E-state index in [9.17, 15) is 18.3 Å². The molecule has 0 aliphatic rings. The summed E-state index contributed by atoms with van der Waals surface area (Å²) in [6.07, 6.45) is -1.57. The lowest BCUT2D eigenvalue weighted by atomic mass is 10.1. The zero-order valence-corrected chi connectivity index (χ0v) is 20.2. The highest BCUT2D eigenvalue weighted by Crippen LogP contribution is 2.30. The van der Waals surface area contributed by atoms with Gasteiger partial charge in [0.05, 0.1) is 17.7 Å². The molecule has 0 spiro atoms. The number of benzene rings is 2. The molecule has 170 valence electrons. The van der Waals surface area contributed by atoms with Crippen LogP contribution in [-0.4, -0.2) is 43.7 Å². The van der Waals surface area contributed by atoms with Gasteiger partial charge in [-0.25, -0.2) is 4.79 Å². The second kappa shape index (κ2) is 9.65. The van der Waals surface area contributed by atoms with Gasteiger partial charge in [0.1, 0.15) is 16.2 Å². The van der Waals surface area contributed by atoms with E-state index in [0.717, 1.165) is 0 Å². The number of aliphatic hydroxyl groups excluding tert-OH is 1. The van der Waals surface area contributed by atoms with Crippen LogP contribution in [0.2, 0.25) is 10.0 Å². The molecule has 0 aromatic heterocycles. The van der Waals surface area contributed by atoms with Crippen LogP contribution in [0.3, 0.4) is 0 Å². The van der Waals surface area contributed by atoms with E-state index in [1.54, 1.807) is 27.7 Å². The van der Waals surface area contributed by atoms with Crippen LogP contribution in [0.15, 0.2) is 41.3 Å². The van der Waals surface area contributed by atoms with Gasteiger partial charge in [-0.3, -0.25) is 0 Å². The molecule has 0 saturated heterocycles. The van der Waals surface area contributed by atoms with E-state index in [1.165, 1.54) is 48.3 Å². The van der Waals surface area contributed by atoms with Crippen LogP contribution in [0.25, 0.3) is 0 Å². The van der Waals surface area contributed by atoms with Crippen molar-refractivity contribution >= 4 is 39.4 Å². The Morgan fingerprint density at radius 3 is 2.26 bits per heavy atom. The molecule has 0 radical (unpaired) electrons. The zero-order valence-electron chi connectivity index (χ0n) is 17.8. The van der Waals surface area contributed by atoms with E-state index in [-0.39, 0.29) is 22.2 Å². The Balaban J connectivity index is 2.09. The van der Waals surface area contributed by atoms with E-state index in [2.05, 4.69) is 0 Å². The monoisotopic (exact) mass is 489 g/mol. The van der Waals surface area contributed by atoms with Gasteiger partial charge in [-0.05, 0) is 63.1 Å². The molecule has 1 atom stereocenters. The number of carbonyl (C=O) groups is 1. The Bertz CT molecular complexity index is 1050. The third-order valence-electron chi connectivity index (χ3n) is 4.11. The second-order valence-corrected chi connectivity index (χ2v) is 10.3.